The van der Waals surface area contributed by atoms with Crippen LogP contribution in [0.25, 0.3) is 100 Å². The summed E-state index contributed by atoms with van der Waals surface area (Å²) in [4.78, 5) is 42.1. The molecule has 0 amide bonds. The summed E-state index contributed by atoms with van der Waals surface area (Å²) < 4.78 is 75.9. The van der Waals surface area contributed by atoms with Gasteiger partial charge in [-0.25, -0.2) is 17.6 Å². The highest BCUT2D eigenvalue weighted by Crippen LogP contribution is 2.50. The summed E-state index contributed by atoms with van der Waals surface area (Å²) >= 11 is 0. The van der Waals surface area contributed by atoms with Gasteiger partial charge in [0.05, 0.1) is 77.4 Å². The predicted octanol–water partition coefficient (Wildman–Crippen LogP) is 19.9. The Balaban J connectivity index is 0.000000110. The minimum atomic E-state index is -0.768. The molecule has 2 aliphatic heterocycles. The summed E-state index contributed by atoms with van der Waals surface area (Å²) in [7, 11) is 0. The van der Waals surface area contributed by atoms with Crippen LogP contribution in [-0.4, -0.2) is 76.6 Å². The van der Waals surface area contributed by atoms with Crippen molar-refractivity contribution in [3.8, 4) is 44.5 Å². The van der Waals surface area contributed by atoms with Gasteiger partial charge in [0.15, 0.2) is 18.9 Å². The first-order valence-electron chi connectivity index (χ1n) is 34.7. The van der Waals surface area contributed by atoms with Crippen LogP contribution in [0.4, 0.5) is 17.6 Å². The average molecular weight is 1350 g/mol. The molecular weight excluding hydrogens is 1280 g/mol. The number of rotatable bonds is 16. The zero-order valence-corrected chi connectivity index (χ0v) is 55.4. The van der Waals surface area contributed by atoms with Gasteiger partial charge >= 0.3 is 0 Å². The van der Waals surface area contributed by atoms with Gasteiger partial charge in [-0.3, -0.25) is 29.5 Å². The van der Waals surface area contributed by atoms with Crippen molar-refractivity contribution >= 4 is 68.3 Å². The average Bonchev–Trinajstić information content (AvgIpc) is 1.63. The number of aliphatic hydroxyl groups is 1. The van der Waals surface area contributed by atoms with E-state index in [0.29, 0.717) is 62.1 Å². The van der Waals surface area contributed by atoms with Gasteiger partial charge in [-0.15, -0.1) is 0 Å². The number of carbonyl (C=O) groups is 2. The number of carbonyl (C=O) groups excluding carboxylic acids is 2. The molecule has 4 saturated carbocycles. The highest BCUT2D eigenvalue weighted by Gasteiger charge is 2.36. The van der Waals surface area contributed by atoms with E-state index in [2.05, 4.69) is 12.1 Å². The smallest absolute Gasteiger partial charge is 0.177 e. The zero-order valence-electron chi connectivity index (χ0n) is 55.4. The SMILES string of the molecule is Fc1ccc(-c2c(/C=C/C3OCCO3)c(C3CC3)nc3ccccc23)cc1.O=C/C=C/c1c(C2CC2)nc2ccccc2c1-c1ccc(F)cc1.O=Cc1c(C2CC2)nc2ccccc2c1-c1ccc(F)cc1.OC(CC1OCCO1)c1c(C2CC2)nc2ccccc2c1-c1ccc(F)cc1. The molecule has 6 fully saturated rings. The van der Waals surface area contributed by atoms with Crippen molar-refractivity contribution in [2.24, 2.45) is 0 Å². The van der Waals surface area contributed by atoms with Gasteiger partial charge in [-0.1, -0.05) is 127 Å². The van der Waals surface area contributed by atoms with Crippen LogP contribution >= 0.6 is 0 Å². The fourth-order valence-electron chi connectivity index (χ4n) is 13.8. The van der Waals surface area contributed by atoms with Crippen LogP contribution in [0.3, 0.4) is 0 Å². The van der Waals surface area contributed by atoms with E-state index >= 15 is 0 Å². The maximum atomic E-state index is 13.6. The molecule has 12 aromatic rings. The van der Waals surface area contributed by atoms with Gasteiger partial charge in [0.2, 0.25) is 0 Å². The summed E-state index contributed by atoms with van der Waals surface area (Å²) in [5.41, 5.74) is 18.7. The second-order valence-corrected chi connectivity index (χ2v) is 26.3. The molecule has 18 rings (SSSR count). The maximum absolute atomic E-state index is 13.6. The number of allylic oxidation sites excluding steroid dienone is 1. The predicted molar refractivity (Wildman–Crippen MR) is 387 cm³/mol. The third-order valence-corrected chi connectivity index (χ3v) is 19.2. The van der Waals surface area contributed by atoms with Crippen molar-refractivity contribution in [1.82, 2.24) is 19.9 Å². The molecule has 0 radical (unpaired) electrons. The number of aromatic nitrogens is 4. The van der Waals surface area contributed by atoms with Gasteiger partial charge in [-0.2, -0.15) is 0 Å². The highest BCUT2D eigenvalue weighted by molar-refractivity contribution is 6.05. The van der Waals surface area contributed by atoms with E-state index in [9.17, 15) is 32.3 Å². The molecule has 506 valence electrons. The number of fused-ring (bicyclic) bond motifs is 4. The summed E-state index contributed by atoms with van der Waals surface area (Å²) in [6.45, 7) is 2.33. The number of aldehydes is 2. The van der Waals surface area contributed by atoms with E-state index in [1.165, 1.54) is 54.6 Å². The number of benzene rings is 8. The molecule has 6 aliphatic rings. The Hall–Kier alpha value is -10.3. The maximum Gasteiger partial charge on any atom is 0.177 e. The molecule has 4 aromatic heterocycles. The van der Waals surface area contributed by atoms with Crippen molar-refractivity contribution in [3.05, 3.63) is 275 Å². The third kappa shape index (κ3) is 15.0. The van der Waals surface area contributed by atoms with E-state index in [1.807, 2.05) is 115 Å². The van der Waals surface area contributed by atoms with E-state index in [1.54, 1.807) is 36.4 Å². The first kappa shape index (κ1) is 66.6. The van der Waals surface area contributed by atoms with Crippen LogP contribution in [-0.2, 0) is 23.7 Å². The molecule has 15 heteroatoms. The monoisotopic (exact) mass is 1350 g/mol. The van der Waals surface area contributed by atoms with Crippen LogP contribution in [0, 0.1) is 23.3 Å². The zero-order chi connectivity index (χ0) is 68.9. The minimum Gasteiger partial charge on any atom is -0.388 e. The number of hydrogen-bond acceptors (Lipinski definition) is 11. The quantitative estimate of drug-likeness (QED) is 0.0561. The number of aliphatic hydroxyl groups excluding tert-OH is 1. The third-order valence-electron chi connectivity index (χ3n) is 19.2. The Morgan fingerprint density at radius 1 is 0.386 bits per heavy atom. The normalized spacial score (nSPS) is 16.5. The number of nitrogens with zero attached hydrogens (tertiary/aromatic N) is 4. The van der Waals surface area contributed by atoms with E-state index in [4.69, 9.17) is 38.9 Å². The second-order valence-electron chi connectivity index (χ2n) is 26.3. The van der Waals surface area contributed by atoms with Crippen LogP contribution in [0.1, 0.15) is 137 Å². The van der Waals surface area contributed by atoms with Gasteiger partial charge in [0.25, 0.3) is 0 Å². The number of halogens is 4. The van der Waals surface area contributed by atoms with Crippen LogP contribution < -0.4 is 0 Å². The molecular formula is C86H72F4N4O7. The van der Waals surface area contributed by atoms with Crippen LogP contribution in [0.15, 0.2) is 206 Å². The summed E-state index contributed by atoms with van der Waals surface area (Å²) in [5.74, 6) is 0.618. The van der Waals surface area contributed by atoms with Gasteiger partial charge in [0, 0.05) is 90.6 Å². The fourth-order valence-corrected chi connectivity index (χ4v) is 13.8. The number of ether oxygens (including phenoxy) is 4. The van der Waals surface area contributed by atoms with Gasteiger partial charge in [0.1, 0.15) is 29.6 Å². The molecule has 1 atom stereocenters. The lowest BCUT2D eigenvalue weighted by molar-refractivity contribution is -0.104. The summed E-state index contributed by atoms with van der Waals surface area (Å²) in [6, 6.07) is 57.8. The lowest BCUT2D eigenvalue weighted by Gasteiger charge is -2.23. The van der Waals surface area contributed by atoms with Gasteiger partial charge in [-0.05, 0) is 170 Å². The van der Waals surface area contributed by atoms with Crippen molar-refractivity contribution in [2.45, 2.75) is 100 Å². The molecule has 1 unspecified atom stereocenters. The number of hydrogen-bond donors (Lipinski definition) is 1. The van der Waals surface area contributed by atoms with Crippen LogP contribution in [0.2, 0.25) is 0 Å². The van der Waals surface area contributed by atoms with Crippen molar-refractivity contribution < 1.29 is 51.2 Å². The molecule has 8 aromatic carbocycles. The Kier molecular flexibility index (Phi) is 19.7. The Labute approximate surface area is 582 Å². The second kappa shape index (κ2) is 29.9. The first-order chi connectivity index (χ1) is 49.5. The standard InChI is InChI=1S/C23H22FNO3.C23H20FNO2.C21H16FNO.C19H14FNO/c24-16-9-7-14(8-10-16)21-17-3-1-2-4-18(17)25-23(15-5-6-15)22(21)19(26)13-20-27-11-12-28-20;24-17-9-7-15(8-10-17)22-18-3-1-2-4-20(18)25-23(16-5-6-16)19(22)11-12-21-26-13-14-27-21;22-16-11-9-14(10-12-16)20-17-4-1-2-6-19(17)23-21(15-7-8-15)18(20)5-3-13-24;20-14-9-7-12(8-10-14)18-15-3-1-2-4-17(15)21-19(13-5-6-13)16(18)11-22/h1-4,7-10,15,19-20,26H,5-6,11-13H2;1-4,7-12,16,21H,5-6,13-14H2;1-6,9-13,15H,7-8H2;1-4,7-11,13H,5-6H2/b;12-11+;5-3+;. The Bertz CT molecular complexity index is 5080. The van der Waals surface area contributed by atoms with E-state index in [0.717, 1.165) is 192 Å². The summed E-state index contributed by atoms with van der Waals surface area (Å²) in [5, 5.41) is 15.2. The molecule has 0 spiro atoms. The van der Waals surface area contributed by atoms with Crippen molar-refractivity contribution in [2.75, 3.05) is 26.4 Å². The first-order valence-corrected chi connectivity index (χ1v) is 34.7. The van der Waals surface area contributed by atoms with E-state index in [-0.39, 0.29) is 29.6 Å². The fraction of sp³-hybridized carbons (Fsp3) is 0.233. The van der Waals surface area contributed by atoms with Gasteiger partial charge < -0.3 is 24.1 Å². The lowest BCUT2D eigenvalue weighted by Crippen LogP contribution is -2.16. The largest absolute Gasteiger partial charge is 0.388 e. The topological polar surface area (TPSA) is 143 Å². The molecule has 0 bridgehead atoms. The summed E-state index contributed by atoms with van der Waals surface area (Å²) in [6.07, 6.45) is 16.8. The molecule has 11 nitrogen and oxygen atoms in total. The lowest BCUT2D eigenvalue weighted by atomic mass is 9.89. The molecule has 4 aliphatic carbocycles. The molecule has 6 heterocycles. The number of pyridine rings is 4. The van der Waals surface area contributed by atoms with E-state index < -0.39 is 12.4 Å². The van der Waals surface area contributed by atoms with Crippen LogP contribution in [0.5, 0.6) is 0 Å². The van der Waals surface area contributed by atoms with Crippen molar-refractivity contribution in [3.63, 3.8) is 0 Å². The van der Waals surface area contributed by atoms with Crippen molar-refractivity contribution in [1.29, 1.82) is 0 Å². The Morgan fingerprint density at radius 3 is 1.08 bits per heavy atom. The molecule has 1 N–H and O–H groups in total. The minimum absolute atomic E-state index is 0.232. The Morgan fingerprint density at radius 2 is 0.703 bits per heavy atom. The number of para-hydroxylation sites is 4. The molecule has 2 saturated heterocycles. The highest BCUT2D eigenvalue weighted by atomic mass is 19.1. The molecule has 101 heavy (non-hydrogen) atoms.